The number of benzene rings is 1. The van der Waals surface area contributed by atoms with Crippen molar-refractivity contribution in [1.29, 1.82) is 0 Å². The minimum Gasteiger partial charge on any atom is -0.473 e. The Labute approximate surface area is 132 Å². The summed E-state index contributed by atoms with van der Waals surface area (Å²) in [6.45, 7) is 4.19. The highest BCUT2D eigenvalue weighted by atomic mass is 19.2. The lowest BCUT2D eigenvalue weighted by atomic mass is 10.1. The van der Waals surface area contributed by atoms with Crippen molar-refractivity contribution in [3.05, 3.63) is 46.9 Å². The van der Waals surface area contributed by atoms with E-state index in [9.17, 15) is 13.2 Å². The third-order valence-electron chi connectivity index (χ3n) is 3.34. The Bertz CT molecular complexity index is 672. The molecule has 0 atom stereocenters. The molecule has 2 rings (SSSR count). The van der Waals surface area contributed by atoms with Gasteiger partial charge in [0.1, 0.15) is 12.4 Å². The van der Waals surface area contributed by atoms with E-state index in [-0.39, 0.29) is 18.8 Å². The van der Waals surface area contributed by atoms with Gasteiger partial charge >= 0.3 is 0 Å². The third kappa shape index (κ3) is 4.48. The van der Waals surface area contributed by atoms with E-state index in [1.54, 1.807) is 4.68 Å². The Kier molecular flexibility index (Phi) is 5.65. The topological polar surface area (TPSA) is 47.3 Å². The van der Waals surface area contributed by atoms with Crippen LogP contribution in [0.2, 0.25) is 0 Å². The van der Waals surface area contributed by atoms with Crippen LogP contribution in [0.4, 0.5) is 13.2 Å². The summed E-state index contributed by atoms with van der Waals surface area (Å²) in [6.07, 6.45) is 0.850. The molecule has 7 heteroatoms. The van der Waals surface area contributed by atoms with Crippen LogP contribution in [-0.4, -0.2) is 14.9 Å². The number of aryl methyl sites for hydroxylation is 1. The fourth-order valence-electron chi connectivity index (χ4n) is 2.01. The molecule has 0 aliphatic heterocycles. The molecule has 0 aliphatic carbocycles. The Hall–Kier alpha value is -2.02. The monoisotopic (exact) mass is 328 g/mol. The Morgan fingerprint density at radius 1 is 1.13 bits per heavy atom. The van der Waals surface area contributed by atoms with Gasteiger partial charge < -0.3 is 9.84 Å². The summed E-state index contributed by atoms with van der Waals surface area (Å²) in [5.74, 6) is -2.45. The van der Waals surface area contributed by atoms with Gasteiger partial charge in [-0.05, 0) is 18.4 Å². The maximum Gasteiger partial charge on any atom is 0.212 e. The molecule has 0 saturated carbocycles. The number of aliphatic hydroxyl groups excluding tert-OH is 1. The van der Waals surface area contributed by atoms with Crippen molar-refractivity contribution >= 4 is 0 Å². The predicted octanol–water partition coefficient (Wildman–Crippen LogP) is 3.42. The maximum atomic E-state index is 13.6. The lowest BCUT2D eigenvalue weighted by Crippen LogP contribution is -2.08. The second-order valence-corrected chi connectivity index (χ2v) is 5.68. The van der Waals surface area contributed by atoms with Gasteiger partial charge in [-0.3, -0.25) is 0 Å². The minimum atomic E-state index is -1.24. The molecule has 0 saturated heterocycles. The van der Waals surface area contributed by atoms with E-state index in [1.807, 2.05) is 0 Å². The normalized spacial score (nSPS) is 11.3. The average Bonchev–Trinajstić information content (AvgIpc) is 2.90. The Morgan fingerprint density at radius 3 is 2.48 bits per heavy atom. The second-order valence-electron chi connectivity index (χ2n) is 5.68. The van der Waals surface area contributed by atoms with Crippen LogP contribution in [0.15, 0.2) is 18.2 Å². The highest BCUT2D eigenvalue weighted by Crippen LogP contribution is 2.20. The van der Waals surface area contributed by atoms with Gasteiger partial charge in [-0.15, -0.1) is 0 Å². The van der Waals surface area contributed by atoms with Crippen LogP contribution < -0.4 is 4.74 Å². The van der Waals surface area contributed by atoms with Gasteiger partial charge in [-0.25, -0.2) is 17.9 Å². The fourth-order valence-corrected chi connectivity index (χ4v) is 2.01. The van der Waals surface area contributed by atoms with E-state index in [2.05, 4.69) is 18.9 Å². The first-order chi connectivity index (χ1) is 10.9. The van der Waals surface area contributed by atoms with Gasteiger partial charge in [-0.1, -0.05) is 13.8 Å². The summed E-state index contributed by atoms with van der Waals surface area (Å²) in [7, 11) is 0. The molecule has 1 aromatic heterocycles. The van der Waals surface area contributed by atoms with Crippen molar-refractivity contribution in [2.45, 2.75) is 40.0 Å². The molecule has 1 aromatic carbocycles. The van der Waals surface area contributed by atoms with E-state index in [0.29, 0.717) is 30.1 Å². The smallest absolute Gasteiger partial charge is 0.212 e. The van der Waals surface area contributed by atoms with Crippen molar-refractivity contribution < 1.29 is 23.0 Å². The number of nitrogens with zero attached hydrogens (tertiary/aromatic N) is 2. The molecule has 0 amide bonds. The van der Waals surface area contributed by atoms with Gasteiger partial charge in [0, 0.05) is 24.2 Å². The molecule has 0 aliphatic rings. The molecule has 0 spiro atoms. The zero-order valence-electron chi connectivity index (χ0n) is 13.0. The second kappa shape index (κ2) is 7.50. The van der Waals surface area contributed by atoms with Crippen LogP contribution in [0.3, 0.4) is 0 Å². The van der Waals surface area contributed by atoms with Gasteiger partial charge in [0.2, 0.25) is 5.88 Å². The zero-order valence-corrected chi connectivity index (χ0v) is 13.0. The lowest BCUT2D eigenvalue weighted by Gasteiger charge is -2.11. The molecule has 0 radical (unpaired) electrons. The van der Waals surface area contributed by atoms with E-state index in [4.69, 9.17) is 9.84 Å². The molecule has 23 heavy (non-hydrogen) atoms. The number of aliphatic hydroxyl groups is 1. The Morgan fingerprint density at radius 2 is 1.83 bits per heavy atom. The summed E-state index contributed by atoms with van der Waals surface area (Å²) in [4.78, 5) is 0. The highest BCUT2D eigenvalue weighted by Gasteiger charge is 2.13. The Balaban J connectivity index is 2.13. The van der Waals surface area contributed by atoms with E-state index in [1.165, 1.54) is 6.07 Å². The standard InChI is InChI=1S/C16H19F3N2O2/c1-10(2)3-4-21-16(6-12(8-22)20-21)23-9-11-5-14(18)15(19)7-13(11)17/h5-7,10,22H,3-4,8-9H2,1-2H3. The molecule has 0 fully saturated rings. The third-order valence-corrected chi connectivity index (χ3v) is 3.34. The van der Waals surface area contributed by atoms with Gasteiger partial charge in [-0.2, -0.15) is 5.10 Å². The molecule has 0 unspecified atom stereocenters. The minimum absolute atomic E-state index is 0.0916. The quantitative estimate of drug-likeness (QED) is 0.792. The first-order valence-corrected chi connectivity index (χ1v) is 7.34. The van der Waals surface area contributed by atoms with Crippen LogP contribution in [0.5, 0.6) is 5.88 Å². The summed E-state index contributed by atoms with van der Waals surface area (Å²) >= 11 is 0. The molecule has 1 N–H and O–H groups in total. The van der Waals surface area contributed by atoms with Crippen molar-refractivity contribution in [3.63, 3.8) is 0 Å². The van der Waals surface area contributed by atoms with Crippen molar-refractivity contribution in [3.8, 4) is 5.88 Å². The summed E-state index contributed by atoms with van der Waals surface area (Å²) < 4.78 is 46.8. The molecular formula is C16H19F3N2O2. The van der Waals surface area contributed by atoms with Gasteiger partial charge in [0.05, 0.1) is 12.3 Å². The fraction of sp³-hybridized carbons (Fsp3) is 0.438. The number of hydrogen-bond acceptors (Lipinski definition) is 3. The molecular weight excluding hydrogens is 309 g/mol. The van der Waals surface area contributed by atoms with Gasteiger partial charge in [0.25, 0.3) is 0 Å². The van der Waals surface area contributed by atoms with E-state index < -0.39 is 17.5 Å². The largest absolute Gasteiger partial charge is 0.473 e. The number of ether oxygens (including phenoxy) is 1. The molecule has 126 valence electrons. The van der Waals surface area contributed by atoms with Crippen LogP contribution in [0.25, 0.3) is 0 Å². The highest BCUT2D eigenvalue weighted by molar-refractivity contribution is 5.21. The molecule has 0 bridgehead atoms. The first kappa shape index (κ1) is 17.3. The van der Waals surface area contributed by atoms with Crippen molar-refractivity contribution in [2.75, 3.05) is 0 Å². The van der Waals surface area contributed by atoms with E-state index in [0.717, 1.165) is 12.5 Å². The van der Waals surface area contributed by atoms with Crippen LogP contribution in [0, 0.1) is 23.4 Å². The number of halogens is 3. The first-order valence-electron chi connectivity index (χ1n) is 7.34. The predicted molar refractivity (Wildman–Crippen MR) is 78.3 cm³/mol. The van der Waals surface area contributed by atoms with Crippen molar-refractivity contribution in [1.82, 2.24) is 9.78 Å². The van der Waals surface area contributed by atoms with E-state index >= 15 is 0 Å². The number of aromatic nitrogens is 2. The zero-order chi connectivity index (χ0) is 17.0. The van der Waals surface area contributed by atoms with Crippen molar-refractivity contribution in [2.24, 2.45) is 5.92 Å². The van der Waals surface area contributed by atoms with Crippen LogP contribution in [-0.2, 0) is 19.8 Å². The number of hydrogen-bond donors (Lipinski definition) is 1. The SMILES string of the molecule is CC(C)CCn1nc(CO)cc1OCc1cc(F)c(F)cc1F. The lowest BCUT2D eigenvalue weighted by molar-refractivity contribution is 0.261. The average molecular weight is 328 g/mol. The molecule has 4 nitrogen and oxygen atoms in total. The molecule has 2 aromatic rings. The van der Waals surface area contributed by atoms with Crippen LogP contribution in [0.1, 0.15) is 31.5 Å². The molecule has 1 heterocycles. The van der Waals surface area contributed by atoms with Gasteiger partial charge in [0.15, 0.2) is 11.6 Å². The summed E-state index contributed by atoms with van der Waals surface area (Å²) in [5.41, 5.74) is 0.334. The number of rotatable bonds is 7. The van der Waals surface area contributed by atoms with Crippen LogP contribution >= 0.6 is 0 Å². The summed E-state index contributed by atoms with van der Waals surface area (Å²) in [5, 5.41) is 13.3. The maximum absolute atomic E-state index is 13.6. The summed E-state index contributed by atoms with van der Waals surface area (Å²) in [6, 6.07) is 2.80.